The maximum Gasteiger partial charge on any atom is 0.431 e. The quantitative estimate of drug-likeness (QED) is 0.298. The summed E-state index contributed by atoms with van der Waals surface area (Å²) >= 11 is 0. The van der Waals surface area contributed by atoms with Crippen LogP contribution in [0, 0.1) is 10.1 Å². The minimum atomic E-state index is -1.38. The van der Waals surface area contributed by atoms with E-state index in [4.69, 9.17) is 10.3 Å². The fraction of sp³-hybridized carbons (Fsp3) is 0.364. The molecule has 1 aromatic carbocycles. The van der Waals surface area contributed by atoms with Crippen LogP contribution < -0.4 is 5.32 Å². The number of non-ortho nitro benzene ring substituents is 1. The second kappa shape index (κ2) is 7.29. The molecule has 8 heteroatoms. The van der Waals surface area contributed by atoms with E-state index in [2.05, 4.69) is 5.32 Å². The van der Waals surface area contributed by atoms with Crippen LogP contribution in [0.2, 0.25) is 0 Å². The summed E-state index contributed by atoms with van der Waals surface area (Å²) in [6.07, 6.45) is -0.911. The average Bonchev–Trinajstić information content (AvgIpc) is 2.38. The first-order valence-corrected chi connectivity index (χ1v) is 5.64. The van der Waals surface area contributed by atoms with Crippen molar-refractivity contribution < 1.29 is 20.0 Å². The molecule has 19 heavy (non-hydrogen) atoms. The van der Waals surface area contributed by atoms with E-state index in [0.717, 1.165) is 5.56 Å². The Kier molecular flexibility index (Phi) is 5.71. The Morgan fingerprint density at radius 2 is 2.00 bits per heavy atom. The number of carboxylic acid groups (broad SMARTS) is 1. The number of hydrogen-bond donors (Lipinski definition) is 3. The molecule has 1 rings (SSSR count). The van der Waals surface area contributed by atoms with Gasteiger partial charge in [0.2, 0.25) is 0 Å². The van der Waals surface area contributed by atoms with Crippen LogP contribution in [0.3, 0.4) is 0 Å². The van der Waals surface area contributed by atoms with Crippen molar-refractivity contribution in [3.8, 4) is 0 Å². The molecular weight excluding hydrogens is 254 g/mol. The Balaban J connectivity index is 2.22. The molecule has 8 nitrogen and oxygen atoms in total. The van der Waals surface area contributed by atoms with Gasteiger partial charge in [0.05, 0.1) is 11.5 Å². The lowest BCUT2D eigenvalue weighted by Gasteiger charge is -2.10. The molecule has 104 valence electrons. The summed E-state index contributed by atoms with van der Waals surface area (Å²) in [7, 11) is 0. The van der Waals surface area contributed by atoms with Crippen molar-refractivity contribution in [3.05, 3.63) is 39.9 Å². The van der Waals surface area contributed by atoms with Crippen LogP contribution >= 0.6 is 0 Å². The molecule has 1 amide bonds. The molecule has 0 fully saturated rings. The monoisotopic (exact) mass is 269 g/mol. The van der Waals surface area contributed by atoms with E-state index in [1.54, 1.807) is 12.1 Å². The van der Waals surface area contributed by atoms with Crippen molar-refractivity contribution in [1.29, 1.82) is 0 Å². The van der Waals surface area contributed by atoms with Crippen molar-refractivity contribution >= 4 is 11.8 Å². The Bertz CT molecular complexity index is 434. The third-order valence-corrected chi connectivity index (χ3v) is 2.42. The van der Waals surface area contributed by atoms with Gasteiger partial charge in [-0.25, -0.2) is 4.79 Å². The summed E-state index contributed by atoms with van der Waals surface area (Å²) in [4.78, 5) is 20.3. The van der Waals surface area contributed by atoms with Crippen LogP contribution in [0.15, 0.2) is 24.3 Å². The summed E-state index contributed by atoms with van der Waals surface area (Å²) in [5, 5.41) is 31.0. The first kappa shape index (κ1) is 14.9. The van der Waals surface area contributed by atoms with Crippen molar-refractivity contribution in [1.82, 2.24) is 10.4 Å². The van der Waals surface area contributed by atoms with Crippen LogP contribution in [0.1, 0.15) is 12.0 Å². The third-order valence-electron chi connectivity index (χ3n) is 2.42. The SMILES string of the molecule is O=C(O)N(O)CCCNCc1ccc([N+](=O)[O-])cc1. The van der Waals surface area contributed by atoms with Crippen molar-refractivity contribution in [2.45, 2.75) is 13.0 Å². The number of nitrogens with zero attached hydrogens (tertiary/aromatic N) is 2. The number of rotatable bonds is 7. The molecule has 0 radical (unpaired) electrons. The smallest absolute Gasteiger partial charge is 0.431 e. The van der Waals surface area contributed by atoms with Gasteiger partial charge in [-0.1, -0.05) is 12.1 Å². The van der Waals surface area contributed by atoms with Gasteiger partial charge >= 0.3 is 6.09 Å². The molecule has 3 N–H and O–H groups in total. The summed E-state index contributed by atoms with van der Waals surface area (Å²) in [5.74, 6) is 0. The molecule has 1 aromatic rings. The molecule has 0 spiro atoms. The van der Waals surface area contributed by atoms with E-state index in [-0.39, 0.29) is 17.3 Å². The summed E-state index contributed by atoms with van der Waals surface area (Å²) in [6.45, 7) is 1.08. The second-order valence-corrected chi connectivity index (χ2v) is 3.86. The Hall–Kier alpha value is -2.19. The highest BCUT2D eigenvalue weighted by Gasteiger charge is 2.06. The molecule has 0 unspecified atom stereocenters. The molecule has 0 aromatic heterocycles. The van der Waals surface area contributed by atoms with E-state index in [1.165, 1.54) is 12.1 Å². The third kappa shape index (κ3) is 5.32. The van der Waals surface area contributed by atoms with Crippen LogP contribution in [-0.4, -0.2) is 39.5 Å². The molecule has 0 heterocycles. The van der Waals surface area contributed by atoms with Crippen LogP contribution in [-0.2, 0) is 6.54 Å². The zero-order chi connectivity index (χ0) is 14.3. The fourth-order valence-electron chi connectivity index (χ4n) is 1.42. The molecule has 0 aliphatic rings. The van der Waals surface area contributed by atoms with E-state index in [0.29, 0.717) is 19.5 Å². The van der Waals surface area contributed by atoms with Gasteiger partial charge in [0.15, 0.2) is 0 Å². The first-order valence-electron chi connectivity index (χ1n) is 5.64. The van der Waals surface area contributed by atoms with Crippen LogP contribution in [0.25, 0.3) is 0 Å². The molecule has 0 aliphatic carbocycles. The minimum absolute atomic E-state index is 0.0304. The highest BCUT2D eigenvalue weighted by molar-refractivity contribution is 5.63. The minimum Gasteiger partial charge on any atom is -0.463 e. The number of hydrogen-bond acceptors (Lipinski definition) is 5. The van der Waals surface area contributed by atoms with E-state index < -0.39 is 11.0 Å². The summed E-state index contributed by atoms with van der Waals surface area (Å²) in [5.41, 5.74) is 0.936. The van der Waals surface area contributed by atoms with Gasteiger partial charge in [-0.2, -0.15) is 5.06 Å². The lowest BCUT2D eigenvalue weighted by molar-refractivity contribution is -0.384. The Labute approximate surface area is 109 Å². The zero-order valence-electron chi connectivity index (χ0n) is 10.2. The van der Waals surface area contributed by atoms with Crippen molar-refractivity contribution in [3.63, 3.8) is 0 Å². The van der Waals surface area contributed by atoms with E-state index in [9.17, 15) is 14.9 Å². The number of nitro benzene ring substituents is 1. The highest BCUT2D eigenvalue weighted by atomic mass is 16.6. The molecule has 0 saturated carbocycles. The largest absolute Gasteiger partial charge is 0.463 e. The number of benzene rings is 1. The lowest BCUT2D eigenvalue weighted by Crippen LogP contribution is -2.28. The van der Waals surface area contributed by atoms with Gasteiger partial charge < -0.3 is 10.4 Å². The van der Waals surface area contributed by atoms with Gasteiger partial charge in [0, 0.05) is 18.7 Å². The maximum absolute atomic E-state index is 10.4. The molecular formula is C11H15N3O5. The van der Waals surface area contributed by atoms with Gasteiger partial charge in [0.1, 0.15) is 0 Å². The second-order valence-electron chi connectivity index (χ2n) is 3.86. The number of hydroxylamine groups is 2. The summed E-state index contributed by atoms with van der Waals surface area (Å²) < 4.78 is 0. The number of carbonyl (C=O) groups is 1. The zero-order valence-corrected chi connectivity index (χ0v) is 10.2. The van der Waals surface area contributed by atoms with E-state index >= 15 is 0 Å². The maximum atomic E-state index is 10.4. The Morgan fingerprint density at radius 1 is 1.37 bits per heavy atom. The van der Waals surface area contributed by atoms with Gasteiger partial charge in [-0.3, -0.25) is 15.3 Å². The lowest BCUT2D eigenvalue weighted by atomic mass is 10.2. The van der Waals surface area contributed by atoms with Gasteiger partial charge in [-0.05, 0) is 18.5 Å². The normalized spacial score (nSPS) is 10.2. The molecule has 0 bridgehead atoms. The average molecular weight is 269 g/mol. The fourth-order valence-corrected chi connectivity index (χ4v) is 1.42. The van der Waals surface area contributed by atoms with Crippen molar-refractivity contribution in [2.24, 2.45) is 0 Å². The number of nitro groups is 1. The predicted molar refractivity (Wildman–Crippen MR) is 65.9 cm³/mol. The van der Waals surface area contributed by atoms with Gasteiger partial charge in [-0.15, -0.1) is 0 Å². The number of nitrogens with one attached hydrogen (secondary N) is 1. The molecule has 0 aliphatic heterocycles. The number of amides is 1. The van der Waals surface area contributed by atoms with Crippen LogP contribution in [0.5, 0.6) is 0 Å². The summed E-state index contributed by atoms with van der Waals surface area (Å²) in [6, 6.07) is 6.16. The topological polar surface area (TPSA) is 116 Å². The first-order chi connectivity index (χ1) is 9.00. The van der Waals surface area contributed by atoms with Crippen molar-refractivity contribution in [2.75, 3.05) is 13.1 Å². The molecule has 0 atom stereocenters. The molecule has 0 saturated heterocycles. The predicted octanol–water partition coefficient (Wildman–Crippen LogP) is 1.44. The standard InChI is InChI=1S/C11H15N3O5/c15-11(16)13(17)7-1-6-12-8-9-2-4-10(5-3-9)14(18)19/h2-5,12,17H,1,6-8H2,(H,15,16). The van der Waals surface area contributed by atoms with Crippen LogP contribution in [0.4, 0.5) is 10.5 Å². The van der Waals surface area contributed by atoms with E-state index in [1.807, 2.05) is 0 Å². The van der Waals surface area contributed by atoms with Gasteiger partial charge in [0.25, 0.3) is 5.69 Å². The highest BCUT2D eigenvalue weighted by Crippen LogP contribution is 2.11. The Morgan fingerprint density at radius 3 is 2.53 bits per heavy atom.